The van der Waals surface area contributed by atoms with Gasteiger partial charge in [0.05, 0.1) is 21.3 Å². The third-order valence-electron chi connectivity index (χ3n) is 3.45. The van der Waals surface area contributed by atoms with E-state index in [9.17, 15) is 13.6 Å². The van der Waals surface area contributed by atoms with Gasteiger partial charge in [-0.15, -0.1) is 0 Å². The zero-order valence-corrected chi connectivity index (χ0v) is 15.0. The number of methoxy groups -OCH3 is 3. The third kappa shape index (κ3) is 5.88. The summed E-state index contributed by atoms with van der Waals surface area (Å²) >= 11 is 0. The number of carbonyl (C=O) groups excluding carboxylic acids is 1. The van der Waals surface area contributed by atoms with Crippen LogP contribution in [0.4, 0.5) is 14.5 Å². The number of halogens is 2. The van der Waals surface area contributed by atoms with Crippen molar-refractivity contribution in [2.24, 2.45) is 0 Å². The summed E-state index contributed by atoms with van der Waals surface area (Å²) in [7, 11) is 4.36. The highest BCUT2D eigenvalue weighted by Crippen LogP contribution is 2.30. The van der Waals surface area contributed by atoms with Crippen LogP contribution in [0.25, 0.3) is 6.08 Å². The van der Waals surface area contributed by atoms with E-state index in [1.54, 1.807) is 18.2 Å². The standard InChI is InChI=1S/C19H19F2NO5/c1-24-14-9-13(10-15(11-14)25-2)22-18(23)7-5-12-4-6-16(27-19(20)21)17(8-12)26-3/h4-11,19H,1-3H3,(H,22,23). The Labute approximate surface area is 155 Å². The van der Waals surface area contributed by atoms with Crippen LogP contribution in [-0.4, -0.2) is 33.8 Å². The van der Waals surface area contributed by atoms with Gasteiger partial charge in [-0.25, -0.2) is 0 Å². The summed E-state index contributed by atoms with van der Waals surface area (Å²) in [5.41, 5.74) is 1.07. The van der Waals surface area contributed by atoms with Crippen LogP contribution in [-0.2, 0) is 4.79 Å². The highest BCUT2D eigenvalue weighted by molar-refractivity contribution is 6.02. The summed E-state index contributed by atoms with van der Waals surface area (Å²) < 4.78 is 44.3. The Bertz CT molecular complexity index is 801. The van der Waals surface area contributed by atoms with Crippen molar-refractivity contribution in [2.45, 2.75) is 6.61 Å². The molecule has 2 rings (SSSR count). The van der Waals surface area contributed by atoms with Crippen LogP contribution < -0.4 is 24.3 Å². The second-order valence-corrected chi connectivity index (χ2v) is 5.21. The Balaban J connectivity index is 2.10. The van der Waals surface area contributed by atoms with Crippen LogP contribution in [0.5, 0.6) is 23.0 Å². The second-order valence-electron chi connectivity index (χ2n) is 5.21. The van der Waals surface area contributed by atoms with Gasteiger partial charge in [0.15, 0.2) is 11.5 Å². The lowest BCUT2D eigenvalue weighted by Crippen LogP contribution is -2.08. The average molecular weight is 379 g/mol. The number of hydrogen-bond acceptors (Lipinski definition) is 5. The second kappa shape index (κ2) is 9.42. The van der Waals surface area contributed by atoms with Crippen LogP contribution in [0, 0.1) is 0 Å². The van der Waals surface area contributed by atoms with Gasteiger partial charge in [-0.05, 0) is 23.8 Å². The molecular formula is C19H19F2NO5. The molecule has 0 unspecified atom stereocenters. The number of ether oxygens (including phenoxy) is 4. The van der Waals surface area contributed by atoms with Gasteiger partial charge in [0.25, 0.3) is 0 Å². The lowest BCUT2D eigenvalue weighted by Gasteiger charge is -2.10. The van der Waals surface area contributed by atoms with E-state index in [1.165, 1.54) is 51.7 Å². The summed E-state index contributed by atoms with van der Waals surface area (Å²) in [4.78, 5) is 12.1. The van der Waals surface area contributed by atoms with Crippen LogP contribution in [0.3, 0.4) is 0 Å². The van der Waals surface area contributed by atoms with E-state index in [0.717, 1.165) is 0 Å². The highest BCUT2D eigenvalue weighted by atomic mass is 19.3. The van der Waals surface area contributed by atoms with Crippen LogP contribution in [0.2, 0.25) is 0 Å². The maximum atomic E-state index is 12.3. The van der Waals surface area contributed by atoms with E-state index < -0.39 is 12.5 Å². The first-order valence-electron chi connectivity index (χ1n) is 7.80. The maximum absolute atomic E-state index is 12.3. The Hall–Kier alpha value is -3.29. The van der Waals surface area contributed by atoms with E-state index in [4.69, 9.17) is 14.2 Å². The van der Waals surface area contributed by atoms with Gasteiger partial charge in [-0.1, -0.05) is 6.07 Å². The molecule has 0 radical (unpaired) electrons. The van der Waals surface area contributed by atoms with Crippen LogP contribution >= 0.6 is 0 Å². The van der Waals surface area contributed by atoms with Gasteiger partial charge in [0, 0.05) is 30.0 Å². The van der Waals surface area contributed by atoms with Gasteiger partial charge < -0.3 is 24.3 Å². The largest absolute Gasteiger partial charge is 0.497 e. The predicted octanol–water partition coefficient (Wildman–Crippen LogP) is 3.97. The molecule has 0 bridgehead atoms. The fourth-order valence-corrected chi connectivity index (χ4v) is 2.22. The monoisotopic (exact) mass is 379 g/mol. The lowest BCUT2D eigenvalue weighted by molar-refractivity contribution is -0.111. The minimum Gasteiger partial charge on any atom is -0.497 e. The van der Waals surface area contributed by atoms with Crippen molar-refractivity contribution in [2.75, 3.05) is 26.6 Å². The molecule has 0 spiro atoms. The van der Waals surface area contributed by atoms with E-state index in [1.807, 2.05) is 0 Å². The zero-order chi connectivity index (χ0) is 19.8. The normalized spacial score (nSPS) is 10.7. The zero-order valence-electron chi connectivity index (χ0n) is 15.0. The third-order valence-corrected chi connectivity index (χ3v) is 3.45. The number of amides is 1. The van der Waals surface area contributed by atoms with Gasteiger partial charge in [-0.2, -0.15) is 8.78 Å². The fourth-order valence-electron chi connectivity index (χ4n) is 2.22. The van der Waals surface area contributed by atoms with Crippen molar-refractivity contribution in [3.63, 3.8) is 0 Å². The summed E-state index contributed by atoms with van der Waals surface area (Å²) in [5, 5.41) is 2.69. The van der Waals surface area contributed by atoms with Crippen molar-refractivity contribution in [3.8, 4) is 23.0 Å². The summed E-state index contributed by atoms with van der Waals surface area (Å²) in [6.45, 7) is -2.95. The molecule has 0 heterocycles. The molecular weight excluding hydrogens is 360 g/mol. The molecule has 8 heteroatoms. The smallest absolute Gasteiger partial charge is 0.387 e. The van der Waals surface area contributed by atoms with Gasteiger partial charge in [0.1, 0.15) is 11.5 Å². The molecule has 0 atom stereocenters. The molecule has 0 aliphatic heterocycles. The molecule has 2 aromatic rings. The number of rotatable bonds is 8. The first kappa shape index (κ1) is 20.0. The van der Waals surface area contributed by atoms with E-state index in [0.29, 0.717) is 22.7 Å². The molecule has 0 aromatic heterocycles. The van der Waals surface area contributed by atoms with Gasteiger partial charge in [0.2, 0.25) is 5.91 Å². The van der Waals surface area contributed by atoms with Crippen LogP contribution in [0.1, 0.15) is 5.56 Å². The van der Waals surface area contributed by atoms with E-state index in [2.05, 4.69) is 10.1 Å². The topological polar surface area (TPSA) is 66.0 Å². The number of nitrogens with one attached hydrogen (secondary N) is 1. The first-order valence-corrected chi connectivity index (χ1v) is 7.80. The van der Waals surface area contributed by atoms with E-state index >= 15 is 0 Å². The Kier molecular flexibility index (Phi) is 6.99. The molecule has 2 aromatic carbocycles. The quantitative estimate of drug-likeness (QED) is 0.703. The van der Waals surface area contributed by atoms with Crippen molar-refractivity contribution >= 4 is 17.7 Å². The van der Waals surface area contributed by atoms with Crippen LogP contribution in [0.15, 0.2) is 42.5 Å². The number of alkyl halides is 2. The lowest BCUT2D eigenvalue weighted by atomic mass is 10.2. The first-order chi connectivity index (χ1) is 12.9. The predicted molar refractivity (Wildman–Crippen MR) is 96.8 cm³/mol. The van der Waals surface area contributed by atoms with E-state index in [-0.39, 0.29) is 11.5 Å². The Morgan fingerprint density at radius 3 is 2.19 bits per heavy atom. The molecule has 1 N–H and O–H groups in total. The minimum atomic E-state index is -2.95. The summed E-state index contributed by atoms with van der Waals surface area (Å²) in [6.07, 6.45) is 2.82. The van der Waals surface area contributed by atoms with Crippen molar-refractivity contribution < 1.29 is 32.5 Å². The number of carbonyl (C=O) groups is 1. The minimum absolute atomic E-state index is 0.0856. The van der Waals surface area contributed by atoms with Gasteiger partial charge in [-0.3, -0.25) is 4.79 Å². The molecule has 6 nitrogen and oxygen atoms in total. The molecule has 144 valence electrons. The molecule has 27 heavy (non-hydrogen) atoms. The molecule has 0 fully saturated rings. The Morgan fingerprint density at radius 1 is 0.963 bits per heavy atom. The number of hydrogen-bond donors (Lipinski definition) is 1. The maximum Gasteiger partial charge on any atom is 0.387 e. The fraction of sp³-hybridized carbons (Fsp3) is 0.211. The highest BCUT2D eigenvalue weighted by Gasteiger charge is 2.10. The van der Waals surface area contributed by atoms with Crippen molar-refractivity contribution in [1.29, 1.82) is 0 Å². The van der Waals surface area contributed by atoms with Crippen molar-refractivity contribution in [1.82, 2.24) is 0 Å². The SMILES string of the molecule is COc1cc(NC(=O)C=Cc2ccc(OC(F)F)c(OC)c2)cc(OC)c1. The number of benzene rings is 2. The van der Waals surface area contributed by atoms with Gasteiger partial charge >= 0.3 is 6.61 Å². The molecule has 0 saturated heterocycles. The van der Waals surface area contributed by atoms with Crippen molar-refractivity contribution in [3.05, 3.63) is 48.0 Å². The molecule has 0 aliphatic carbocycles. The molecule has 1 amide bonds. The average Bonchev–Trinajstić information content (AvgIpc) is 2.66. The Morgan fingerprint density at radius 2 is 1.63 bits per heavy atom. The molecule has 0 aliphatic rings. The molecule has 0 saturated carbocycles. The number of anilines is 1. The summed E-state index contributed by atoms with van der Waals surface area (Å²) in [6, 6.07) is 9.33. The summed E-state index contributed by atoms with van der Waals surface area (Å²) in [5.74, 6) is 0.728.